The second-order valence-corrected chi connectivity index (χ2v) is 5.99. The number of anilines is 1. The van der Waals surface area contributed by atoms with Gasteiger partial charge in [0.15, 0.2) is 0 Å². The van der Waals surface area contributed by atoms with E-state index >= 15 is 0 Å². The molecule has 116 valence electrons. The number of aromatic nitrogens is 2. The highest BCUT2D eigenvalue weighted by atomic mass is 16.6. The van der Waals surface area contributed by atoms with Gasteiger partial charge in [-0.05, 0) is 31.6 Å². The number of nitro groups is 1. The molecule has 2 unspecified atom stereocenters. The number of rotatable bonds is 6. The highest BCUT2D eigenvalue weighted by molar-refractivity contribution is 5.60. The van der Waals surface area contributed by atoms with Crippen molar-refractivity contribution in [1.29, 1.82) is 0 Å². The van der Waals surface area contributed by atoms with E-state index in [4.69, 9.17) is 4.74 Å². The molecule has 2 fully saturated rings. The van der Waals surface area contributed by atoms with E-state index in [9.17, 15) is 10.1 Å². The zero-order valence-corrected chi connectivity index (χ0v) is 12.5. The Balaban J connectivity index is 1.85. The lowest BCUT2D eigenvalue weighted by atomic mass is 10.1. The minimum absolute atomic E-state index is 0.126. The molecule has 0 amide bonds. The van der Waals surface area contributed by atoms with E-state index in [-0.39, 0.29) is 22.8 Å². The van der Waals surface area contributed by atoms with Crippen molar-refractivity contribution in [3.63, 3.8) is 0 Å². The Morgan fingerprint density at radius 1 is 1.48 bits per heavy atom. The van der Waals surface area contributed by atoms with Gasteiger partial charge in [0, 0.05) is 13.7 Å². The minimum atomic E-state index is -0.317. The van der Waals surface area contributed by atoms with Crippen LogP contribution >= 0.6 is 0 Å². The van der Waals surface area contributed by atoms with E-state index in [1.165, 1.54) is 12.8 Å². The first kappa shape index (κ1) is 14.3. The Hall–Kier alpha value is -1.63. The lowest BCUT2D eigenvalue weighted by Gasteiger charge is -2.20. The lowest BCUT2D eigenvalue weighted by Crippen LogP contribution is -2.32. The second kappa shape index (κ2) is 5.63. The molecule has 1 aromatic heterocycles. The molecule has 2 atom stereocenters. The van der Waals surface area contributed by atoms with Crippen molar-refractivity contribution in [2.75, 3.05) is 11.9 Å². The number of nitrogens with zero attached hydrogens (tertiary/aromatic N) is 3. The number of hydrogen-bond acceptors (Lipinski definition) is 5. The highest BCUT2D eigenvalue weighted by Gasteiger charge is 2.42. The summed E-state index contributed by atoms with van der Waals surface area (Å²) in [5.74, 6) is 1.14. The molecule has 2 heterocycles. The van der Waals surface area contributed by atoms with Crippen LogP contribution in [0.5, 0.6) is 0 Å². The molecule has 0 bridgehead atoms. The molecule has 2 aliphatic rings. The van der Waals surface area contributed by atoms with Gasteiger partial charge in [0.05, 0.1) is 17.1 Å². The smallest absolute Gasteiger partial charge is 0.334 e. The summed E-state index contributed by atoms with van der Waals surface area (Å²) in [6, 6.07) is 0.154. The third-order valence-electron chi connectivity index (χ3n) is 4.31. The maximum atomic E-state index is 11.4. The van der Waals surface area contributed by atoms with Crippen LogP contribution in [0.4, 0.5) is 11.5 Å². The zero-order valence-electron chi connectivity index (χ0n) is 12.5. The first-order chi connectivity index (χ1) is 10.1. The van der Waals surface area contributed by atoms with Gasteiger partial charge in [-0.15, -0.1) is 0 Å². The topological polar surface area (TPSA) is 82.2 Å². The molecular weight excluding hydrogens is 272 g/mol. The van der Waals surface area contributed by atoms with Gasteiger partial charge in [-0.3, -0.25) is 10.1 Å². The van der Waals surface area contributed by atoms with E-state index in [2.05, 4.69) is 10.4 Å². The monoisotopic (exact) mass is 294 g/mol. The van der Waals surface area contributed by atoms with Crippen LogP contribution in [0, 0.1) is 16.0 Å². The Labute approximate surface area is 123 Å². The Kier molecular flexibility index (Phi) is 3.84. The third-order valence-corrected chi connectivity index (χ3v) is 4.31. The molecule has 7 nitrogen and oxygen atoms in total. The van der Waals surface area contributed by atoms with E-state index in [1.807, 2.05) is 6.92 Å². The molecule has 1 saturated heterocycles. The van der Waals surface area contributed by atoms with Crippen LogP contribution in [-0.4, -0.2) is 33.5 Å². The van der Waals surface area contributed by atoms with Crippen LogP contribution in [0.15, 0.2) is 0 Å². The fraction of sp³-hybridized carbons (Fsp3) is 0.786. The van der Waals surface area contributed by atoms with Crippen molar-refractivity contribution < 1.29 is 9.66 Å². The molecule has 21 heavy (non-hydrogen) atoms. The van der Waals surface area contributed by atoms with Crippen LogP contribution in [0.1, 0.15) is 38.3 Å². The van der Waals surface area contributed by atoms with Crippen molar-refractivity contribution in [1.82, 2.24) is 9.78 Å². The third kappa shape index (κ3) is 2.74. The molecule has 1 saturated carbocycles. The van der Waals surface area contributed by atoms with Crippen molar-refractivity contribution in [2.45, 2.75) is 51.2 Å². The number of ether oxygens (including phenoxy) is 1. The van der Waals surface area contributed by atoms with Gasteiger partial charge in [0.2, 0.25) is 5.82 Å². The maximum Gasteiger partial charge on any atom is 0.334 e. The Morgan fingerprint density at radius 3 is 2.86 bits per heavy atom. The van der Waals surface area contributed by atoms with E-state index in [1.54, 1.807) is 11.7 Å². The highest BCUT2D eigenvalue weighted by Crippen LogP contribution is 2.40. The van der Waals surface area contributed by atoms with Gasteiger partial charge in [-0.2, -0.15) is 5.10 Å². The predicted molar refractivity (Wildman–Crippen MR) is 78.3 cm³/mol. The molecule has 3 rings (SSSR count). The lowest BCUT2D eigenvalue weighted by molar-refractivity contribution is -0.384. The molecule has 0 radical (unpaired) electrons. The first-order valence-corrected chi connectivity index (χ1v) is 7.70. The molecular formula is C14H22N4O3. The summed E-state index contributed by atoms with van der Waals surface area (Å²) < 4.78 is 7.40. The molecule has 1 N–H and O–H groups in total. The standard InChI is InChI=1S/C14H22N4O3/c1-3-4-10-12(18(19)20)14(17(2)16-10)15-11-7-8-21-13(11)9-5-6-9/h9,11,13,15H,3-8H2,1-2H3. The maximum absolute atomic E-state index is 11.4. The Bertz CT molecular complexity index is 539. The molecule has 1 aromatic rings. The minimum Gasteiger partial charge on any atom is -0.376 e. The molecule has 1 aliphatic heterocycles. The molecule has 1 aliphatic carbocycles. The van der Waals surface area contributed by atoms with Gasteiger partial charge in [-0.1, -0.05) is 13.3 Å². The van der Waals surface area contributed by atoms with E-state index in [0.717, 1.165) is 19.4 Å². The summed E-state index contributed by atoms with van der Waals surface area (Å²) in [5, 5.41) is 19.1. The van der Waals surface area contributed by atoms with Crippen molar-refractivity contribution >= 4 is 11.5 Å². The number of aryl methyl sites for hydroxylation is 2. The van der Waals surface area contributed by atoms with Crippen molar-refractivity contribution in [3.05, 3.63) is 15.8 Å². The van der Waals surface area contributed by atoms with Crippen LogP contribution in [-0.2, 0) is 18.2 Å². The quantitative estimate of drug-likeness (QED) is 0.643. The zero-order chi connectivity index (χ0) is 15.0. The average molecular weight is 294 g/mol. The fourth-order valence-corrected chi connectivity index (χ4v) is 3.16. The molecule has 0 aromatic carbocycles. The van der Waals surface area contributed by atoms with Gasteiger partial charge < -0.3 is 10.1 Å². The normalized spacial score (nSPS) is 25.2. The van der Waals surface area contributed by atoms with Crippen molar-refractivity contribution in [3.8, 4) is 0 Å². The fourth-order valence-electron chi connectivity index (χ4n) is 3.16. The summed E-state index contributed by atoms with van der Waals surface area (Å²) in [6.07, 6.45) is 4.96. The van der Waals surface area contributed by atoms with Crippen LogP contribution in [0.2, 0.25) is 0 Å². The number of nitrogens with one attached hydrogen (secondary N) is 1. The van der Waals surface area contributed by atoms with Crippen LogP contribution < -0.4 is 5.32 Å². The van der Waals surface area contributed by atoms with Gasteiger partial charge in [0.1, 0.15) is 5.69 Å². The summed E-state index contributed by atoms with van der Waals surface area (Å²) >= 11 is 0. The van der Waals surface area contributed by atoms with Crippen molar-refractivity contribution in [2.24, 2.45) is 13.0 Å². The van der Waals surface area contributed by atoms with E-state index < -0.39 is 0 Å². The summed E-state index contributed by atoms with van der Waals surface area (Å²) in [6.45, 7) is 2.73. The molecule has 7 heteroatoms. The van der Waals surface area contributed by atoms with E-state index in [0.29, 0.717) is 23.9 Å². The predicted octanol–water partition coefficient (Wildman–Crippen LogP) is 2.26. The summed E-state index contributed by atoms with van der Waals surface area (Å²) in [5.41, 5.74) is 0.690. The van der Waals surface area contributed by atoms with Gasteiger partial charge in [0.25, 0.3) is 0 Å². The van der Waals surface area contributed by atoms with Crippen LogP contribution in [0.3, 0.4) is 0 Å². The second-order valence-electron chi connectivity index (χ2n) is 5.99. The molecule has 0 spiro atoms. The Morgan fingerprint density at radius 2 is 2.24 bits per heavy atom. The largest absolute Gasteiger partial charge is 0.376 e. The summed E-state index contributed by atoms with van der Waals surface area (Å²) in [4.78, 5) is 11.1. The average Bonchev–Trinajstić information content (AvgIpc) is 3.09. The van der Waals surface area contributed by atoms with Crippen LogP contribution in [0.25, 0.3) is 0 Å². The first-order valence-electron chi connectivity index (χ1n) is 7.70. The summed E-state index contributed by atoms with van der Waals surface area (Å²) in [7, 11) is 1.76. The SMILES string of the molecule is CCCc1nn(C)c(NC2CCOC2C2CC2)c1[N+](=O)[O-]. The number of hydrogen-bond donors (Lipinski definition) is 1. The van der Waals surface area contributed by atoms with Gasteiger partial charge >= 0.3 is 5.69 Å². The van der Waals surface area contributed by atoms with Gasteiger partial charge in [-0.25, -0.2) is 4.68 Å².